The van der Waals surface area contributed by atoms with E-state index in [1.807, 2.05) is 6.92 Å². The molecule has 0 saturated heterocycles. The fraction of sp³-hybridized carbons (Fsp3) is 0.333. The summed E-state index contributed by atoms with van der Waals surface area (Å²) in [4.78, 5) is 25.2. The van der Waals surface area contributed by atoms with E-state index in [1.54, 1.807) is 38.1 Å². The molecule has 0 aliphatic carbocycles. The summed E-state index contributed by atoms with van der Waals surface area (Å²) in [6, 6.07) is 10.1. The highest BCUT2D eigenvalue weighted by Crippen LogP contribution is 2.21. The molecule has 0 aliphatic heterocycles. The van der Waals surface area contributed by atoms with Gasteiger partial charge in [0.05, 0.1) is 17.2 Å². The van der Waals surface area contributed by atoms with E-state index in [4.69, 9.17) is 21.1 Å². The Morgan fingerprint density at radius 2 is 1.86 bits per heavy atom. The highest BCUT2D eigenvalue weighted by atomic mass is 35.5. The van der Waals surface area contributed by atoms with Gasteiger partial charge in [0.2, 0.25) is 0 Å². The number of hydrogen-bond donors (Lipinski definition) is 1. The van der Waals surface area contributed by atoms with Gasteiger partial charge >= 0.3 is 5.97 Å². The molecule has 0 unspecified atom stereocenters. The average molecular weight is 408 g/mol. The molecule has 0 bridgehead atoms. The third kappa shape index (κ3) is 5.45. The second-order valence-corrected chi connectivity index (χ2v) is 6.84. The van der Waals surface area contributed by atoms with Crippen LogP contribution in [0.5, 0.6) is 5.75 Å². The van der Waals surface area contributed by atoms with Crippen LogP contribution < -0.4 is 10.1 Å². The number of hydrogen-bond acceptors (Lipinski definition) is 4. The van der Waals surface area contributed by atoms with Crippen LogP contribution in [0.15, 0.2) is 42.5 Å². The molecule has 0 saturated carbocycles. The summed E-state index contributed by atoms with van der Waals surface area (Å²) in [6.45, 7) is 5.45. The number of nitrogens with one attached hydrogen (secondary N) is 1. The molecule has 28 heavy (non-hydrogen) atoms. The van der Waals surface area contributed by atoms with Crippen LogP contribution in [-0.2, 0) is 16.1 Å². The van der Waals surface area contributed by atoms with Crippen molar-refractivity contribution in [2.45, 2.75) is 33.4 Å². The van der Waals surface area contributed by atoms with Crippen molar-refractivity contribution in [2.24, 2.45) is 5.92 Å². The molecule has 1 N–H and O–H groups in total. The van der Waals surface area contributed by atoms with Crippen LogP contribution >= 0.6 is 11.6 Å². The number of rotatable bonds is 8. The van der Waals surface area contributed by atoms with Crippen molar-refractivity contribution in [1.82, 2.24) is 5.32 Å². The molecule has 0 radical (unpaired) electrons. The Bertz CT molecular complexity index is 821. The predicted octanol–water partition coefficient (Wildman–Crippen LogP) is 4.38. The lowest BCUT2D eigenvalue weighted by atomic mass is 10.0. The van der Waals surface area contributed by atoms with E-state index in [0.717, 1.165) is 0 Å². The van der Waals surface area contributed by atoms with Gasteiger partial charge in [0, 0.05) is 5.56 Å². The highest BCUT2D eigenvalue weighted by molar-refractivity contribution is 6.31. The molecule has 2 aromatic carbocycles. The summed E-state index contributed by atoms with van der Waals surface area (Å²) in [5, 5.41) is 2.85. The van der Waals surface area contributed by atoms with Crippen LogP contribution in [-0.4, -0.2) is 24.5 Å². The Morgan fingerprint density at radius 3 is 2.50 bits per heavy atom. The van der Waals surface area contributed by atoms with Gasteiger partial charge in [0.25, 0.3) is 5.91 Å². The van der Waals surface area contributed by atoms with Crippen LogP contribution in [0.1, 0.15) is 36.7 Å². The zero-order valence-corrected chi connectivity index (χ0v) is 16.8. The molecule has 1 amide bonds. The van der Waals surface area contributed by atoms with E-state index in [-0.39, 0.29) is 23.1 Å². The lowest BCUT2D eigenvalue weighted by molar-refractivity contribution is -0.148. The van der Waals surface area contributed by atoms with E-state index >= 15 is 0 Å². The van der Waals surface area contributed by atoms with E-state index in [9.17, 15) is 14.0 Å². The standard InChI is InChI=1S/C21H23ClFNO4/c1-4-27-18-11-6-5-8-14(18)20(25)24-19(13(2)3)21(26)28-12-15-16(22)9-7-10-17(15)23/h5-11,13,19H,4,12H2,1-3H3,(H,24,25)/t19-/m0/s1. The van der Waals surface area contributed by atoms with Crippen LogP contribution in [0.25, 0.3) is 0 Å². The van der Waals surface area contributed by atoms with Gasteiger partial charge in [0.1, 0.15) is 24.2 Å². The molecule has 0 fully saturated rings. The molecule has 2 rings (SSSR count). The molecular weight excluding hydrogens is 385 g/mol. The topological polar surface area (TPSA) is 64.6 Å². The SMILES string of the molecule is CCOc1ccccc1C(=O)N[C@H](C(=O)OCc1c(F)cccc1Cl)C(C)C. The Morgan fingerprint density at radius 1 is 1.14 bits per heavy atom. The van der Waals surface area contributed by atoms with Crippen molar-refractivity contribution in [1.29, 1.82) is 0 Å². The van der Waals surface area contributed by atoms with Gasteiger partial charge in [0.15, 0.2) is 0 Å². The van der Waals surface area contributed by atoms with Gasteiger partial charge in [-0.25, -0.2) is 9.18 Å². The first kappa shape index (κ1) is 21.7. The summed E-state index contributed by atoms with van der Waals surface area (Å²) in [7, 11) is 0. The fourth-order valence-corrected chi connectivity index (χ4v) is 2.77. The molecule has 5 nitrogen and oxygen atoms in total. The van der Waals surface area contributed by atoms with Gasteiger partial charge < -0.3 is 14.8 Å². The van der Waals surface area contributed by atoms with Crippen LogP contribution in [0.3, 0.4) is 0 Å². The third-order valence-electron chi connectivity index (χ3n) is 4.06. The number of halogens is 2. The Kier molecular flexibility index (Phi) is 7.81. The van der Waals surface area contributed by atoms with Gasteiger partial charge in [-0.15, -0.1) is 0 Å². The molecule has 0 aliphatic rings. The van der Waals surface area contributed by atoms with Gasteiger partial charge in [-0.2, -0.15) is 0 Å². The molecule has 2 aromatic rings. The van der Waals surface area contributed by atoms with E-state index in [2.05, 4.69) is 5.32 Å². The number of benzene rings is 2. The predicted molar refractivity (Wildman–Crippen MR) is 105 cm³/mol. The van der Waals surface area contributed by atoms with Crippen molar-refractivity contribution >= 4 is 23.5 Å². The minimum atomic E-state index is -0.910. The number of carbonyl (C=O) groups excluding carboxylic acids is 2. The van der Waals surface area contributed by atoms with Gasteiger partial charge in [-0.05, 0) is 37.1 Å². The van der Waals surface area contributed by atoms with Crippen molar-refractivity contribution in [2.75, 3.05) is 6.61 Å². The number of carbonyl (C=O) groups is 2. The number of para-hydroxylation sites is 1. The van der Waals surface area contributed by atoms with Gasteiger partial charge in [-0.3, -0.25) is 4.79 Å². The average Bonchev–Trinajstić information content (AvgIpc) is 2.65. The quantitative estimate of drug-likeness (QED) is 0.660. The Hall–Kier alpha value is -2.60. The summed E-state index contributed by atoms with van der Waals surface area (Å²) in [5.74, 6) is -1.50. The Labute approximate surface area is 168 Å². The zero-order valence-electron chi connectivity index (χ0n) is 16.0. The zero-order chi connectivity index (χ0) is 20.7. The number of ether oxygens (including phenoxy) is 2. The molecule has 1 atom stereocenters. The lowest BCUT2D eigenvalue weighted by Gasteiger charge is -2.21. The monoisotopic (exact) mass is 407 g/mol. The van der Waals surface area contributed by atoms with Gasteiger partial charge in [-0.1, -0.05) is 43.6 Å². The second kappa shape index (κ2) is 10.1. The molecule has 7 heteroatoms. The smallest absolute Gasteiger partial charge is 0.329 e. The maximum absolute atomic E-state index is 13.8. The molecule has 150 valence electrons. The number of amides is 1. The maximum atomic E-state index is 13.8. The molecular formula is C21H23ClFNO4. The first-order chi connectivity index (χ1) is 13.3. The summed E-state index contributed by atoms with van der Waals surface area (Å²) < 4.78 is 24.5. The van der Waals surface area contributed by atoms with E-state index in [1.165, 1.54) is 18.2 Å². The lowest BCUT2D eigenvalue weighted by Crippen LogP contribution is -2.45. The Balaban J connectivity index is 2.10. The number of esters is 1. The van der Waals surface area contributed by atoms with Crippen LogP contribution in [0, 0.1) is 11.7 Å². The van der Waals surface area contributed by atoms with E-state index < -0.39 is 23.7 Å². The summed E-state index contributed by atoms with van der Waals surface area (Å²) >= 11 is 5.95. The largest absolute Gasteiger partial charge is 0.493 e. The summed E-state index contributed by atoms with van der Waals surface area (Å²) in [6.07, 6.45) is 0. The highest BCUT2D eigenvalue weighted by Gasteiger charge is 2.27. The molecule has 0 heterocycles. The minimum Gasteiger partial charge on any atom is -0.493 e. The second-order valence-electron chi connectivity index (χ2n) is 6.43. The first-order valence-corrected chi connectivity index (χ1v) is 9.35. The van der Waals surface area contributed by atoms with Crippen LogP contribution in [0.4, 0.5) is 4.39 Å². The first-order valence-electron chi connectivity index (χ1n) is 8.97. The van der Waals surface area contributed by atoms with Crippen molar-refractivity contribution < 1.29 is 23.5 Å². The molecule has 0 aromatic heterocycles. The van der Waals surface area contributed by atoms with Crippen LogP contribution in [0.2, 0.25) is 5.02 Å². The normalized spacial score (nSPS) is 11.8. The third-order valence-corrected chi connectivity index (χ3v) is 4.41. The van der Waals surface area contributed by atoms with Crippen molar-refractivity contribution in [3.63, 3.8) is 0 Å². The molecule has 0 spiro atoms. The van der Waals surface area contributed by atoms with Crippen molar-refractivity contribution in [3.05, 3.63) is 64.4 Å². The van der Waals surface area contributed by atoms with Crippen molar-refractivity contribution in [3.8, 4) is 5.75 Å². The maximum Gasteiger partial charge on any atom is 0.329 e. The minimum absolute atomic E-state index is 0.0908. The fourth-order valence-electron chi connectivity index (χ4n) is 2.56. The van der Waals surface area contributed by atoms with E-state index in [0.29, 0.717) is 17.9 Å². The summed E-state index contributed by atoms with van der Waals surface area (Å²) in [5.41, 5.74) is 0.410.